The average molecular weight is 609 g/mol. The Morgan fingerprint density at radius 2 is 1.89 bits per heavy atom. The Balaban J connectivity index is 1.41. The van der Waals surface area contributed by atoms with Gasteiger partial charge < -0.3 is 20.2 Å². The van der Waals surface area contributed by atoms with E-state index < -0.39 is 17.4 Å². The Morgan fingerprint density at radius 3 is 2.62 bits per heavy atom. The van der Waals surface area contributed by atoms with Crippen LogP contribution in [0.1, 0.15) is 79.3 Å². The van der Waals surface area contributed by atoms with Gasteiger partial charge in [-0.05, 0) is 73.1 Å². The number of aromatic hydroxyl groups is 1. The van der Waals surface area contributed by atoms with Crippen molar-refractivity contribution in [3.63, 3.8) is 0 Å². The van der Waals surface area contributed by atoms with Gasteiger partial charge in [0.05, 0.1) is 17.1 Å². The van der Waals surface area contributed by atoms with Crippen LogP contribution in [-0.2, 0) is 12.8 Å². The highest BCUT2D eigenvalue weighted by atomic mass is 19.1. The van der Waals surface area contributed by atoms with Crippen molar-refractivity contribution in [3.8, 4) is 17.0 Å². The van der Waals surface area contributed by atoms with Gasteiger partial charge in [-0.3, -0.25) is 4.98 Å². The number of aromatic nitrogens is 2. The minimum atomic E-state index is -0.991. The molecule has 0 bridgehead atoms. The molecule has 1 aliphatic rings. The van der Waals surface area contributed by atoms with Crippen LogP contribution in [0.3, 0.4) is 0 Å². The van der Waals surface area contributed by atoms with Crippen LogP contribution in [0, 0.1) is 11.6 Å². The second-order valence-corrected chi connectivity index (χ2v) is 11.7. The quantitative estimate of drug-likeness (QED) is 0.147. The Morgan fingerprint density at radius 1 is 1.09 bits per heavy atom. The Kier molecular flexibility index (Phi) is 8.57. The van der Waals surface area contributed by atoms with E-state index in [0.29, 0.717) is 12.2 Å². The van der Waals surface area contributed by atoms with Crippen LogP contribution in [-0.4, -0.2) is 28.7 Å². The van der Waals surface area contributed by atoms with E-state index >= 15 is 4.39 Å². The maximum atomic E-state index is 15.2. The summed E-state index contributed by atoms with van der Waals surface area (Å²) in [5, 5.41) is 17.1. The van der Waals surface area contributed by atoms with Gasteiger partial charge in [0.15, 0.2) is 23.0 Å². The fourth-order valence-corrected chi connectivity index (χ4v) is 6.35. The second-order valence-electron chi connectivity index (χ2n) is 11.7. The number of anilines is 1. The summed E-state index contributed by atoms with van der Waals surface area (Å²) >= 11 is 0. The number of hydrogen-bond acceptors (Lipinski definition) is 6. The molecule has 0 amide bonds. The van der Waals surface area contributed by atoms with E-state index in [0.717, 1.165) is 94.1 Å². The molecule has 3 aromatic carbocycles. The number of benzene rings is 3. The molecule has 2 aromatic heterocycles. The van der Waals surface area contributed by atoms with Crippen molar-refractivity contribution in [1.82, 2.24) is 15.3 Å². The Bertz CT molecular complexity index is 1880. The number of halogens is 2. The summed E-state index contributed by atoms with van der Waals surface area (Å²) in [7, 11) is 1.88. The molecular formula is C37H38F2N4O2. The van der Waals surface area contributed by atoms with Crippen LogP contribution in [0.2, 0.25) is 0 Å². The topological polar surface area (TPSA) is 83.2 Å². The fraction of sp³-hybridized carbons (Fsp3) is 0.297. The van der Waals surface area contributed by atoms with Crippen LogP contribution in [0.4, 0.5) is 14.5 Å². The number of pyridine rings is 1. The van der Waals surface area contributed by atoms with Gasteiger partial charge in [-0.2, -0.15) is 0 Å². The van der Waals surface area contributed by atoms with Gasteiger partial charge in [0, 0.05) is 48.8 Å². The minimum absolute atomic E-state index is 0.109. The van der Waals surface area contributed by atoms with E-state index in [4.69, 9.17) is 14.4 Å². The third-order valence-electron chi connectivity index (χ3n) is 8.76. The van der Waals surface area contributed by atoms with Crippen molar-refractivity contribution in [2.24, 2.45) is 0 Å². The number of phenolic OH excluding ortho intramolecular Hbond substituents is 1. The summed E-state index contributed by atoms with van der Waals surface area (Å²) in [4.78, 5) is 9.75. The summed E-state index contributed by atoms with van der Waals surface area (Å²) in [6.07, 6.45) is 5.41. The summed E-state index contributed by atoms with van der Waals surface area (Å²) < 4.78 is 35.3. The molecule has 2 unspecified atom stereocenters. The van der Waals surface area contributed by atoms with Crippen molar-refractivity contribution >= 4 is 22.5 Å². The molecule has 0 aliphatic heterocycles. The second kappa shape index (κ2) is 12.7. The molecule has 45 heavy (non-hydrogen) atoms. The van der Waals surface area contributed by atoms with E-state index in [1.807, 2.05) is 44.3 Å². The lowest BCUT2D eigenvalue weighted by atomic mass is 9.90. The summed E-state index contributed by atoms with van der Waals surface area (Å²) in [6, 6.07) is 18.2. The lowest BCUT2D eigenvalue weighted by Crippen LogP contribution is -2.22. The molecule has 0 radical (unpaired) electrons. The molecule has 3 N–H and O–H groups in total. The van der Waals surface area contributed by atoms with Crippen molar-refractivity contribution in [2.45, 2.75) is 58.3 Å². The van der Waals surface area contributed by atoms with Crippen molar-refractivity contribution in [3.05, 3.63) is 112 Å². The number of fused-ring (bicyclic) bond motifs is 2. The third-order valence-corrected chi connectivity index (χ3v) is 8.76. The molecule has 0 saturated carbocycles. The summed E-state index contributed by atoms with van der Waals surface area (Å²) in [6.45, 7) is 6.76. The zero-order chi connectivity index (χ0) is 31.7. The number of oxazole rings is 1. The number of phenols is 1. The zero-order valence-corrected chi connectivity index (χ0v) is 26.0. The van der Waals surface area contributed by atoms with E-state index in [1.54, 1.807) is 0 Å². The van der Waals surface area contributed by atoms with E-state index in [-0.39, 0.29) is 17.4 Å². The number of hydrogen-bond donors (Lipinski definition) is 3. The van der Waals surface area contributed by atoms with Gasteiger partial charge in [-0.25, -0.2) is 13.8 Å². The molecule has 0 fully saturated rings. The predicted octanol–water partition coefficient (Wildman–Crippen LogP) is 8.70. The van der Waals surface area contributed by atoms with Crippen molar-refractivity contribution in [1.29, 1.82) is 0 Å². The smallest absolute Gasteiger partial charge is 0.195 e. The first kappa shape index (κ1) is 30.3. The maximum Gasteiger partial charge on any atom is 0.195 e. The van der Waals surface area contributed by atoms with E-state index in [1.165, 1.54) is 0 Å². The van der Waals surface area contributed by atoms with Crippen LogP contribution in [0.25, 0.3) is 28.1 Å². The van der Waals surface area contributed by atoms with Crippen molar-refractivity contribution < 1.29 is 18.3 Å². The van der Waals surface area contributed by atoms with E-state index in [2.05, 4.69) is 48.7 Å². The molecule has 2 heterocycles. The highest BCUT2D eigenvalue weighted by Gasteiger charge is 2.28. The van der Waals surface area contributed by atoms with Crippen LogP contribution >= 0.6 is 0 Å². The zero-order valence-electron chi connectivity index (χ0n) is 26.0. The van der Waals surface area contributed by atoms with Crippen LogP contribution in [0.15, 0.2) is 71.2 Å². The Hall–Kier alpha value is -4.72. The Labute approximate surface area is 262 Å². The van der Waals surface area contributed by atoms with Gasteiger partial charge in [-0.1, -0.05) is 50.3 Å². The van der Waals surface area contributed by atoms with Gasteiger partial charge in [-0.15, -0.1) is 0 Å². The van der Waals surface area contributed by atoms with Crippen molar-refractivity contribution in [2.75, 3.05) is 18.9 Å². The lowest BCUT2D eigenvalue weighted by Gasteiger charge is -2.23. The molecule has 6 nitrogen and oxygen atoms in total. The van der Waals surface area contributed by atoms with Crippen LogP contribution < -0.4 is 10.6 Å². The fourth-order valence-electron chi connectivity index (χ4n) is 6.35. The molecule has 5 aromatic rings. The van der Waals surface area contributed by atoms with Gasteiger partial charge in [0.2, 0.25) is 0 Å². The molecule has 8 heteroatoms. The average Bonchev–Trinajstić information content (AvgIpc) is 3.63. The maximum absolute atomic E-state index is 15.2. The first-order valence-electron chi connectivity index (χ1n) is 15.6. The molecule has 6 rings (SSSR count). The summed E-state index contributed by atoms with van der Waals surface area (Å²) in [5.74, 6) is -1.53. The monoisotopic (exact) mass is 608 g/mol. The lowest BCUT2D eigenvalue weighted by molar-refractivity contribution is 0.428. The SMILES string of the molecule is CC=C(NCC(c1ccccc1)c1cc2c(c(-c3cc(O)c(F)cc3F)n1)CCC2C)c1cc(NC)c2nc(CCC)oc2c1. The van der Waals surface area contributed by atoms with Crippen LogP contribution in [0.5, 0.6) is 5.75 Å². The first-order valence-corrected chi connectivity index (χ1v) is 15.6. The number of rotatable bonds is 10. The standard InChI is InChI=1S/C37H38F2N4O2/c1-5-10-35-43-37-32(40-4)15-23(16-34(37)45-35)30(6-2)41-20-27(22-11-8-7-9-12-22)31-17-25-21(3)13-14-24(25)36(42-31)26-18-33(44)29(39)19-28(26)38/h6-9,11-12,15-19,21,27,40-41,44H,5,10,13-14,20H2,1-4H3. The first-order chi connectivity index (χ1) is 21.8. The minimum Gasteiger partial charge on any atom is -0.505 e. The normalized spacial score (nSPS) is 15.3. The highest BCUT2D eigenvalue weighted by Crippen LogP contribution is 2.42. The number of allylic oxidation sites excluding steroid dienone is 1. The summed E-state index contributed by atoms with van der Waals surface area (Å²) in [5.41, 5.74) is 8.77. The van der Waals surface area contributed by atoms with Gasteiger partial charge in [0.1, 0.15) is 11.3 Å². The number of nitrogens with zero attached hydrogens (tertiary/aromatic N) is 2. The molecule has 1 aliphatic carbocycles. The number of nitrogens with one attached hydrogen (secondary N) is 2. The molecule has 0 spiro atoms. The largest absolute Gasteiger partial charge is 0.505 e. The molecule has 232 valence electrons. The molecule has 0 saturated heterocycles. The number of aryl methyl sites for hydroxylation is 1. The van der Waals surface area contributed by atoms with Gasteiger partial charge in [0.25, 0.3) is 0 Å². The highest BCUT2D eigenvalue weighted by molar-refractivity contribution is 5.90. The van der Waals surface area contributed by atoms with Gasteiger partial charge >= 0.3 is 0 Å². The van der Waals surface area contributed by atoms with E-state index in [9.17, 15) is 9.50 Å². The molecule has 2 atom stereocenters. The predicted molar refractivity (Wildman–Crippen MR) is 175 cm³/mol. The molecular weight excluding hydrogens is 570 g/mol. The third kappa shape index (κ3) is 5.89.